The number of hydrogen-bond donors (Lipinski definition) is 0. The Morgan fingerprint density at radius 1 is 0.737 bits per heavy atom. The van der Waals surface area contributed by atoms with Gasteiger partial charge < -0.3 is 14.5 Å². The van der Waals surface area contributed by atoms with E-state index >= 15 is 0 Å². The zero-order chi connectivity index (χ0) is 13.8. The van der Waals surface area contributed by atoms with E-state index in [1.807, 2.05) is 6.41 Å². The van der Waals surface area contributed by atoms with Gasteiger partial charge >= 0.3 is 6.41 Å². The summed E-state index contributed by atoms with van der Waals surface area (Å²) in [6.45, 7) is 0. The molecule has 0 saturated heterocycles. The molecule has 0 aliphatic heterocycles. The van der Waals surface area contributed by atoms with Crippen LogP contribution in [0.4, 0.5) is 0 Å². The van der Waals surface area contributed by atoms with Gasteiger partial charge in [-0.3, -0.25) is 4.79 Å². The summed E-state index contributed by atoms with van der Waals surface area (Å²) in [7, 11) is 0. The molecule has 2 aliphatic rings. The van der Waals surface area contributed by atoms with E-state index in [0.717, 1.165) is 51.1 Å². The van der Waals surface area contributed by atoms with Crippen LogP contribution in [0.15, 0.2) is 0 Å². The maximum absolute atomic E-state index is 11.6. The van der Waals surface area contributed by atoms with Crippen molar-refractivity contribution in [2.75, 3.05) is 0 Å². The van der Waals surface area contributed by atoms with Crippen molar-refractivity contribution in [1.29, 1.82) is 0 Å². The minimum absolute atomic E-state index is 0.668. The molecule has 0 N–H and O–H groups in total. The molecule has 1 amide bonds. The van der Waals surface area contributed by atoms with E-state index in [2.05, 4.69) is 0 Å². The lowest BCUT2D eigenvalue weighted by atomic mass is 9.74. The van der Waals surface area contributed by atoms with Gasteiger partial charge in [0.2, 0.25) is 0 Å². The molecule has 19 heavy (non-hydrogen) atoms. The first-order chi connectivity index (χ1) is 9.23. The number of carbonyl (C=O) groups is 2. The minimum atomic E-state index is -0.793. The van der Waals surface area contributed by atoms with E-state index in [4.69, 9.17) is 0 Å². The molecular formula is C15H22NO3. The lowest BCUT2D eigenvalue weighted by Crippen LogP contribution is -2.63. The molecule has 2 saturated carbocycles. The maximum atomic E-state index is 11.6. The van der Waals surface area contributed by atoms with Crippen LogP contribution in [0.5, 0.6) is 0 Å². The number of nitrogens with zero attached hydrogens (tertiary/aromatic N) is 1. The third-order valence-corrected chi connectivity index (χ3v) is 4.86. The zero-order valence-electron chi connectivity index (χ0n) is 11.4. The largest absolute Gasteiger partial charge is 0.313 e. The van der Waals surface area contributed by atoms with Crippen molar-refractivity contribution in [1.82, 2.24) is 4.90 Å². The Morgan fingerprint density at radius 2 is 1.11 bits per heavy atom. The second-order valence-electron chi connectivity index (χ2n) is 5.99. The lowest BCUT2D eigenvalue weighted by molar-refractivity contribution is -0.130. The highest BCUT2D eigenvalue weighted by atomic mass is 16.2. The van der Waals surface area contributed by atoms with Gasteiger partial charge in [-0.1, -0.05) is 38.5 Å². The van der Waals surface area contributed by atoms with Crippen LogP contribution in [0.2, 0.25) is 0 Å². The summed E-state index contributed by atoms with van der Waals surface area (Å²) >= 11 is 0. The Morgan fingerprint density at radius 3 is 1.37 bits per heavy atom. The van der Waals surface area contributed by atoms with Crippen LogP contribution in [-0.4, -0.2) is 35.0 Å². The number of hydrogen-bond acceptors (Lipinski definition) is 3. The highest BCUT2D eigenvalue weighted by Crippen LogP contribution is 2.40. The number of aldehydes is 2. The first kappa shape index (κ1) is 14.2. The fourth-order valence-electron chi connectivity index (χ4n) is 3.74. The Bertz CT molecular complexity index is 311. The summed E-state index contributed by atoms with van der Waals surface area (Å²) in [4.78, 5) is 36.3. The smallest absolute Gasteiger partial charge is 0.310 e. The number of rotatable bonds is 5. The molecule has 0 atom stereocenters. The molecule has 0 aromatic heterocycles. The van der Waals surface area contributed by atoms with E-state index in [1.54, 1.807) is 0 Å². The van der Waals surface area contributed by atoms with Gasteiger partial charge in [-0.05, 0) is 25.7 Å². The average molecular weight is 264 g/mol. The first-order valence-electron chi connectivity index (χ1n) is 7.34. The van der Waals surface area contributed by atoms with Gasteiger partial charge in [0, 0.05) is 0 Å². The van der Waals surface area contributed by atoms with Crippen molar-refractivity contribution in [3.63, 3.8) is 0 Å². The summed E-state index contributed by atoms with van der Waals surface area (Å²) in [6, 6.07) is 0. The van der Waals surface area contributed by atoms with Crippen LogP contribution in [0, 0.1) is 0 Å². The molecule has 0 aromatic carbocycles. The van der Waals surface area contributed by atoms with Gasteiger partial charge in [-0.25, -0.2) is 0 Å². The molecule has 0 heterocycles. The summed E-state index contributed by atoms with van der Waals surface area (Å²) < 4.78 is 0. The summed E-state index contributed by atoms with van der Waals surface area (Å²) in [5.41, 5.74) is -1.59. The van der Waals surface area contributed by atoms with Gasteiger partial charge in [0.1, 0.15) is 12.6 Å². The van der Waals surface area contributed by atoms with Crippen molar-refractivity contribution in [3.8, 4) is 0 Å². The number of carbonyl (C=O) groups excluding carboxylic acids is 3. The Hall–Kier alpha value is -1.19. The third-order valence-electron chi connectivity index (χ3n) is 4.86. The van der Waals surface area contributed by atoms with Crippen molar-refractivity contribution >= 4 is 19.0 Å². The monoisotopic (exact) mass is 264 g/mol. The van der Waals surface area contributed by atoms with E-state index in [-0.39, 0.29) is 0 Å². The van der Waals surface area contributed by atoms with Gasteiger partial charge in [0.15, 0.2) is 0 Å². The molecule has 105 valence electrons. The van der Waals surface area contributed by atoms with Gasteiger partial charge in [0.05, 0.1) is 11.1 Å². The fraction of sp³-hybridized carbons (Fsp3) is 0.800. The standard InChI is InChI=1S/C15H22NO3/c17-11-14(7-3-1-4-8-14)16(13-19)15(12-18)9-5-2-6-10-15/h11-12H,1-10H2. The van der Waals surface area contributed by atoms with Crippen molar-refractivity contribution in [3.05, 3.63) is 0 Å². The predicted octanol–water partition coefficient (Wildman–Crippen LogP) is 2.16. The van der Waals surface area contributed by atoms with Gasteiger partial charge in [-0.15, -0.1) is 0 Å². The normalized spacial score (nSPS) is 25.3. The minimum Gasteiger partial charge on any atom is -0.310 e. The molecule has 1 radical (unpaired) electrons. The van der Waals surface area contributed by atoms with Crippen LogP contribution in [0.3, 0.4) is 0 Å². The molecule has 4 heteroatoms. The molecule has 4 nitrogen and oxygen atoms in total. The van der Waals surface area contributed by atoms with Crippen molar-refractivity contribution in [2.24, 2.45) is 0 Å². The van der Waals surface area contributed by atoms with Crippen LogP contribution in [0.25, 0.3) is 0 Å². The van der Waals surface area contributed by atoms with Crippen molar-refractivity contribution in [2.45, 2.75) is 75.3 Å². The second-order valence-corrected chi connectivity index (χ2v) is 5.99. The topological polar surface area (TPSA) is 54.5 Å². The summed E-state index contributed by atoms with van der Waals surface area (Å²) in [5, 5.41) is 0. The SMILES string of the molecule is O=[C]N(C1(C=O)CCCCC1)C1(C=O)CCCCC1. The van der Waals surface area contributed by atoms with E-state index in [0.29, 0.717) is 25.7 Å². The Labute approximate surface area is 114 Å². The molecule has 2 fully saturated rings. The molecule has 2 rings (SSSR count). The summed E-state index contributed by atoms with van der Waals surface area (Å²) in [5.74, 6) is 0. The highest BCUT2D eigenvalue weighted by Gasteiger charge is 2.49. The highest BCUT2D eigenvalue weighted by molar-refractivity contribution is 5.77. The number of amides is 1. The molecule has 0 unspecified atom stereocenters. The maximum Gasteiger partial charge on any atom is 0.313 e. The zero-order valence-corrected chi connectivity index (χ0v) is 11.4. The van der Waals surface area contributed by atoms with Crippen molar-refractivity contribution < 1.29 is 14.4 Å². The summed E-state index contributed by atoms with van der Waals surface area (Å²) in [6.07, 6.45) is 12.3. The Balaban J connectivity index is 2.32. The first-order valence-corrected chi connectivity index (χ1v) is 7.34. The molecule has 0 bridgehead atoms. The van der Waals surface area contributed by atoms with Crippen LogP contribution in [0.1, 0.15) is 64.2 Å². The third kappa shape index (κ3) is 2.45. The molecule has 0 spiro atoms. The Kier molecular flexibility index (Phi) is 4.38. The fourth-order valence-corrected chi connectivity index (χ4v) is 3.74. The molecule has 0 aromatic rings. The van der Waals surface area contributed by atoms with Gasteiger partial charge in [0.25, 0.3) is 0 Å². The van der Waals surface area contributed by atoms with Crippen LogP contribution < -0.4 is 0 Å². The van der Waals surface area contributed by atoms with Crippen LogP contribution in [-0.2, 0) is 14.4 Å². The molecular weight excluding hydrogens is 242 g/mol. The predicted molar refractivity (Wildman–Crippen MR) is 71.3 cm³/mol. The van der Waals surface area contributed by atoms with E-state index < -0.39 is 11.1 Å². The molecule has 2 aliphatic carbocycles. The second kappa shape index (κ2) is 5.85. The van der Waals surface area contributed by atoms with Gasteiger partial charge in [-0.2, -0.15) is 0 Å². The van der Waals surface area contributed by atoms with Crippen LogP contribution >= 0.6 is 0 Å². The van der Waals surface area contributed by atoms with E-state index in [9.17, 15) is 14.4 Å². The average Bonchev–Trinajstić information content (AvgIpc) is 2.50. The quantitative estimate of drug-likeness (QED) is 0.565. The lowest BCUT2D eigenvalue weighted by Gasteiger charge is -2.50. The van der Waals surface area contributed by atoms with E-state index in [1.165, 1.54) is 4.90 Å².